The number of benzene rings is 1. The Morgan fingerprint density at radius 2 is 2.22 bits per heavy atom. The molecule has 5 heteroatoms. The van der Waals surface area contributed by atoms with Crippen molar-refractivity contribution in [3.05, 3.63) is 29.0 Å². The van der Waals surface area contributed by atoms with Crippen LogP contribution < -0.4 is 10.2 Å². The molecule has 1 aliphatic heterocycles. The minimum Gasteiger partial charge on any atom is -0.308 e. The fourth-order valence-electron chi connectivity index (χ4n) is 2.18. The highest BCUT2D eigenvalue weighted by atomic mass is 35.5. The summed E-state index contributed by atoms with van der Waals surface area (Å²) in [6.45, 7) is 4.48. The smallest absolute Gasteiger partial charge is 0.244 e. The van der Waals surface area contributed by atoms with E-state index in [9.17, 15) is 9.18 Å². The first-order chi connectivity index (χ1) is 8.50. The van der Waals surface area contributed by atoms with E-state index in [2.05, 4.69) is 5.32 Å². The van der Waals surface area contributed by atoms with Crippen LogP contribution in [0.2, 0.25) is 5.02 Å². The number of nitrogens with zero attached hydrogens (tertiary/aromatic N) is 1. The van der Waals surface area contributed by atoms with Crippen LogP contribution in [0.15, 0.2) is 18.2 Å². The van der Waals surface area contributed by atoms with Crippen LogP contribution in [-0.2, 0) is 4.79 Å². The average molecular weight is 271 g/mol. The Labute approximate surface area is 111 Å². The molecule has 1 fully saturated rings. The Kier molecular flexibility index (Phi) is 3.88. The van der Waals surface area contributed by atoms with Gasteiger partial charge in [0.15, 0.2) is 5.82 Å². The van der Waals surface area contributed by atoms with Crippen LogP contribution in [0.1, 0.15) is 20.3 Å². The highest BCUT2D eigenvalue weighted by molar-refractivity contribution is 6.31. The quantitative estimate of drug-likeness (QED) is 0.916. The molecule has 1 saturated heterocycles. The van der Waals surface area contributed by atoms with Crippen molar-refractivity contribution >= 4 is 23.2 Å². The van der Waals surface area contributed by atoms with Gasteiger partial charge in [-0.3, -0.25) is 4.79 Å². The number of hydrogen-bond donors (Lipinski definition) is 1. The Morgan fingerprint density at radius 3 is 2.89 bits per heavy atom. The van der Waals surface area contributed by atoms with E-state index in [-0.39, 0.29) is 28.7 Å². The van der Waals surface area contributed by atoms with Gasteiger partial charge in [-0.05, 0) is 18.6 Å². The second kappa shape index (κ2) is 5.24. The molecular formula is C13H16ClFN2O. The van der Waals surface area contributed by atoms with Crippen LogP contribution in [0.4, 0.5) is 10.1 Å². The molecule has 0 bridgehead atoms. The number of amides is 1. The maximum absolute atomic E-state index is 13.9. The number of hydrogen-bond acceptors (Lipinski definition) is 2. The highest BCUT2D eigenvalue weighted by Gasteiger charge is 2.34. The van der Waals surface area contributed by atoms with E-state index in [0.29, 0.717) is 13.0 Å². The molecule has 1 N–H and O–H groups in total. The standard InChI is InChI=1S/C13H16ClFN2O/c1-8(2)16-10-6-7-17(13(10)18)11-5-3-4-9(14)12(11)15/h3-5,8,10,16H,6-7H2,1-2H3. The molecule has 0 radical (unpaired) electrons. The van der Waals surface area contributed by atoms with E-state index in [1.165, 1.54) is 11.0 Å². The summed E-state index contributed by atoms with van der Waals surface area (Å²) >= 11 is 5.73. The van der Waals surface area contributed by atoms with Gasteiger partial charge in [0.25, 0.3) is 0 Å². The fraction of sp³-hybridized carbons (Fsp3) is 0.462. The van der Waals surface area contributed by atoms with Crippen molar-refractivity contribution in [2.45, 2.75) is 32.4 Å². The van der Waals surface area contributed by atoms with Crippen molar-refractivity contribution in [2.24, 2.45) is 0 Å². The van der Waals surface area contributed by atoms with E-state index in [0.717, 1.165) is 0 Å². The molecule has 1 aromatic rings. The third-order valence-electron chi connectivity index (χ3n) is 2.96. The van der Waals surface area contributed by atoms with E-state index < -0.39 is 5.82 Å². The normalized spacial score (nSPS) is 19.9. The zero-order valence-corrected chi connectivity index (χ0v) is 11.2. The van der Waals surface area contributed by atoms with E-state index in [1.807, 2.05) is 13.8 Å². The summed E-state index contributed by atoms with van der Waals surface area (Å²) in [5.41, 5.74) is 0.264. The lowest BCUT2D eigenvalue weighted by molar-refractivity contribution is -0.119. The second-order valence-electron chi connectivity index (χ2n) is 4.73. The Balaban J connectivity index is 2.21. The first-order valence-electron chi connectivity index (χ1n) is 6.02. The van der Waals surface area contributed by atoms with E-state index in [4.69, 9.17) is 11.6 Å². The van der Waals surface area contributed by atoms with Crippen LogP contribution >= 0.6 is 11.6 Å². The van der Waals surface area contributed by atoms with Crippen LogP contribution in [0.3, 0.4) is 0 Å². The predicted molar refractivity (Wildman–Crippen MR) is 70.4 cm³/mol. The number of anilines is 1. The summed E-state index contributed by atoms with van der Waals surface area (Å²) in [4.78, 5) is 13.6. The van der Waals surface area contributed by atoms with Gasteiger partial charge in [-0.15, -0.1) is 0 Å². The van der Waals surface area contributed by atoms with Gasteiger partial charge in [-0.1, -0.05) is 31.5 Å². The molecule has 0 saturated carbocycles. The summed E-state index contributed by atoms with van der Waals surface area (Å²) in [5, 5.41) is 3.22. The van der Waals surface area contributed by atoms with Crippen molar-refractivity contribution in [3.63, 3.8) is 0 Å². The van der Waals surface area contributed by atoms with Gasteiger partial charge in [-0.2, -0.15) is 0 Å². The average Bonchev–Trinajstić information content (AvgIpc) is 2.64. The summed E-state index contributed by atoms with van der Waals surface area (Å²) in [7, 11) is 0. The number of carbonyl (C=O) groups excluding carboxylic acids is 1. The van der Waals surface area contributed by atoms with Crippen molar-refractivity contribution in [2.75, 3.05) is 11.4 Å². The minimum atomic E-state index is -0.530. The van der Waals surface area contributed by atoms with Crippen molar-refractivity contribution in [3.8, 4) is 0 Å². The molecule has 1 atom stereocenters. The zero-order valence-electron chi connectivity index (χ0n) is 10.4. The molecule has 0 aliphatic carbocycles. The SMILES string of the molecule is CC(C)NC1CCN(c2cccc(Cl)c2F)C1=O. The van der Waals surface area contributed by atoms with E-state index >= 15 is 0 Å². The monoisotopic (exact) mass is 270 g/mol. The third-order valence-corrected chi connectivity index (χ3v) is 3.25. The van der Waals surface area contributed by atoms with Crippen molar-refractivity contribution in [1.82, 2.24) is 5.32 Å². The van der Waals surface area contributed by atoms with Crippen molar-refractivity contribution in [1.29, 1.82) is 0 Å². The fourth-order valence-corrected chi connectivity index (χ4v) is 2.35. The molecule has 1 aliphatic rings. The molecule has 1 amide bonds. The van der Waals surface area contributed by atoms with Gasteiger partial charge in [0.2, 0.25) is 5.91 Å². The number of halogens is 2. The Bertz CT molecular complexity index is 464. The molecule has 3 nitrogen and oxygen atoms in total. The number of nitrogens with one attached hydrogen (secondary N) is 1. The summed E-state index contributed by atoms with van der Waals surface area (Å²) < 4.78 is 13.9. The number of rotatable bonds is 3. The lowest BCUT2D eigenvalue weighted by atomic mass is 10.2. The van der Waals surface area contributed by atoms with Crippen LogP contribution in [0.25, 0.3) is 0 Å². The van der Waals surface area contributed by atoms with Gasteiger partial charge < -0.3 is 10.2 Å². The lowest BCUT2D eigenvalue weighted by Crippen LogP contribution is -2.41. The van der Waals surface area contributed by atoms with Gasteiger partial charge in [0, 0.05) is 12.6 Å². The van der Waals surface area contributed by atoms with Gasteiger partial charge >= 0.3 is 0 Å². The summed E-state index contributed by atoms with van der Waals surface area (Å²) in [6, 6.07) is 4.70. The van der Waals surface area contributed by atoms with Gasteiger partial charge in [0.05, 0.1) is 16.8 Å². The van der Waals surface area contributed by atoms with Crippen LogP contribution in [0.5, 0.6) is 0 Å². The molecule has 1 heterocycles. The minimum absolute atomic E-state index is 0.0422. The van der Waals surface area contributed by atoms with Crippen molar-refractivity contribution < 1.29 is 9.18 Å². The molecule has 1 unspecified atom stereocenters. The maximum atomic E-state index is 13.9. The topological polar surface area (TPSA) is 32.3 Å². The molecule has 1 aromatic carbocycles. The largest absolute Gasteiger partial charge is 0.308 e. The predicted octanol–water partition coefficient (Wildman–Crippen LogP) is 2.58. The number of carbonyl (C=O) groups is 1. The zero-order chi connectivity index (χ0) is 13.3. The Hall–Kier alpha value is -1.13. The molecule has 2 rings (SSSR count). The summed E-state index contributed by atoms with van der Waals surface area (Å²) in [6.07, 6.45) is 0.683. The van der Waals surface area contributed by atoms with Gasteiger partial charge in [-0.25, -0.2) is 4.39 Å². The second-order valence-corrected chi connectivity index (χ2v) is 5.13. The van der Waals surface area contributed by atoms with Crippen LogP contribution in [-0.4, -0.2) is 24.5 Å². The molecule has 0 aromatic heterocycles. The first kappa shape index (κ1) is 13.3. The molecule has 98 valence electrons. The maximum Gasteiger partial charge on any atom is 0.244 e. The first-order valence-corrected chi connectivity index (χ1v) is 6.40. The van der Waals surface area contributed by atoms with Crippen LogP contribution in [0, 0.1) is 5.82 Å². The van der Waals surface area contributed by atoms with Gasteiger partial charge in [0.1, 0.15) is 0 Å². The molecule has 0 spiro atoms. The third kappa shape index (κ3) is 2.49. The molecular weight excluding hydrogens is 255 g/mol. The van der Waals surface area contributed by atoms with E-state index in [1.54, 1.807) is 12.1 Å². The summed E-state index contributed by atoms with van der Waals surface area (Å²) in [5.74, 6) is -0.623. The molecule has 18 heavy (non-hydrogen) atoms. The Morgan fingerprint density at radius 1 is 1.50 bits per heavy atom. The highest BCUT2D eigenvalue weighted by Crippen LogP contribution is 2.28. The lowest BCUT2D eigenvalue weighted by Gasteiger charge is -2.19.